The second-order valence-corrected chi connectivity index (χ2v) is 7.00. The minimum atomic E-state index is -0.226. The van der Waals surface area contributed by atoms with Crippen LogP contribution in [0.4, 0.5) is 10.1 Å². The number of halogens is 2. The van der Waals surface area contributed by atoms with Gasteiger partial charge in [-0.1, -0.05) is 6.07 Å². The van der Waals surface area contributed by atoms with E-state index in [-0.39, 0.29) is 29.8 Å². The van der Waals surface area contributed by atoms with Gasteiger partial charge in [-0.3, -0.25) is 4.99 Å². The maximum Gasteiger partial charge on any atom is 0.191 e. The third kappa shape index (κ3) is 6.10. The van der Waals surface area contributed by atoms with Crippen molar-refractivity contribution >= 4 is 47.0 Å². The van der Waals surface area contributed by atoms with Crippen LogP contribution >= 0.6 is 35.3 Å². The Labute approximate surface area is 169 Å². The average molecular weight is 477 g/mol. The number of rotatable bonds is 5. The van der Waals surface area contributed by atoms with Crippen LogP contribution in [0.3, 0.4) is 0 Å². The van der Waals surface area contributed by atoms with Crippen LogP contribution in [0.5, 0.6) is 0 Å². The van der Waals surface area contributed by atoms with Crippen molar-refractivity contribution in [3.05, 3.63) is 45.2 Å². The highest BCUT2D eigenvalue weighted by Gasteiger charge is 2.07. The van der Waals surface area contributed by atoms with E-state index < -0.39 is 0 Å². The molecule has 0 atom stereocenters. The summed E-state index contributed by atoms with van der Waals surface area (Å²) in [6, 6.07) is 5.24. The van der Waals surface area contributed by atoms with E-state index in [1.807, 2.05) is 27.1 Å². The zero-order valence-corrected chi connectivity index (χ0v) is 18.3. The summed E-state index contributed by atoms with van der Waals surface area (Å²) in [6.45, 7) is 5.19. The van der Waals surface area contributed by atoms with E-state index in [1.165, 1.54) is 4.88 Å². The lowest BCUT2D eigenvalue weighted by Gasteiger charge is -2.15. The lowest BCUT2D eigenvalue weighted by Crippen LogP contribution is -2.36. The largest absolute Gasteiger partial charge is 0.375 e. The Hall–Kier alpha value is -1.42. The van der Waals surface area contributed by atoms with Gasteiger partial charge in [-0.15, -0.1) is 35.3 Å². The molecule has 1 aromatic carbocycles. The SMILES string of the molecule is CN=C(NCc1ccc(N(C)C)c(F)c1)NCc1nc(C)c(C)s1.I. The first-order valence-corrected chi connectivity index (χ1v) is 8.55. The van der Waals surface area contributed by atoms with E-state index in [0.29, 0.717) is 24.7 Å². The van der Waals surface area contributed by atoms with Gasteiger partial charge in [0, 0.05) is 32.6 Å². The van der Waals surface area contributed by atoms with Gasteiger partial charge in [-0.25, -0.2) is 9.37 Å². The molecule has 1 heterocycles. The van der Waals surface area contributed by atoms with Crippen molar-refractivity contribution < 1.29 is 4.39 Å². The van der Waals surface area contributed by atoms with Crippen LogP contribution in [0.25, 0.3) is 0 Å². The van der Waals surface area contributed by atoms with Crippen LogP contribution in [0.2, 0.25) is 0 Å². The second kappa shape index (κ2) is 9.91. The van der Waals surface area contributed by atoms with Crippen LogP contribution in [0, 0.1) is 19.7 Å². The molecule has 0 unspecified atom stereocenters. The zero-order valence-electron chi connectivity index (χ0n) is 15.2. The fourth-order valence-corrected chi connectivity index (χ4v) is 3.08. The Morgan fingerprint density at radius 1 is 1.24 bits per heavy atom. The molecule has 1 aromatic heterocycles. The molecule has 0 saturated carbocycles. The zero-order chi connectivity index (χ0) is 17.7. The van der Waals surface area contributed by atoms with Gasteiger partial charge in [-0.05, 0) is 31.5 Å². The lowest BCUT2D eigenvalue weighted by molar-refractivity contribution is 0.623. The first kappa shape index (κ1) is 21.6. The molecular formula is C17H25FIN5S. The summed E-state index contributed by atoms with van der Waals surface area (Å²) < 4.78 is 14.0. The van der Waals surface area contributed by atoms with Crippen molar-refractivity contribution in [2.75, 3.05) is 26.0 Å². The smallest absolute Gasteiger partial charge is 0.191 e. The molecule has 138 valence electrons. The van der Waals surface area contributed by atoms with E-state index in [0.717, 1.165) is 16.3 Å². The molecule has 0 aliphatic carbocycles. The van der Waals surface area contributed by atoms with Crippen molar-refractivity contribution in [3.8, 4) is 0 Å². The number of thiazole rings is 1. The van der Waals surface area contributed by atoms with Crippen LogP contribution in [0.15, 0.2) is 23.2 Å². The first-order chi connectivity index (χ1) is 11.4. The van der Waals surface area contributed by atoms with Crippen molar-refractivity contribution in [1.29, 1.82) is 0 Å². The molecule has 2 N–H and O–H groups in total. The van der Waals surface area contributed by atoms with Crippen LogP contribution in [0.1, 0.15) is 21.1 Å². The summed E-state index contributed by atoms with van der Waals surface area (Å²) in [5.41, 5.74) is 2.51. The van der Waals surface area contributed by atoms with Crippen LogP contribution in [-0.4, -0.2) is 32.1 Å². The van der Waals surface area contributed by atoms with Gasteiger partial charge in [0.2, 0.25) is 0 Å². The number of aliphatic imine (C=N–C) groups is 1. The normalized spacial score (nSPS) is 11.0. The topological polar surface area (TPSA) is 52.6 Å². The molecule has 0 radical (unpaired) electrons. The molecule has 2 aromatic rings. The molecule has 25 heavy (non-hydrogen) atoms. The number of aryl methyl sites for hydroxylation is 2. The number of benzene rings is 1. The molecule has 0 aliphatic heterocycles. The quantitative estimate of drug-likeness (QED) is 0.394. The maximum absolute atomic E-state index is 14.0. The number of anilines is 1. The van der Waals surface area contributed by atoms with E-state index in [1.54, 1.807) is 35.4 Å². The Morgan fingerprint density at radius 2 is 1.92 bits per heavy atom. The van der Waals surface area contributed by atoms with E-state index in [2.05, 4.69) is 27.5 Å². The first-order valence-electron chi connectivity index (χ1n) is 7.74. The lowest BCUT2D eigenvalue weighted by atomic mass is 10.2. The minimum Gasteiger partial charge on any atom is -0.375 e. The monoisotopic (exact) mass is 477 g/mol. The molecule has 0 spiro atoms. The molecule has 8 heteroatoms. The highest BCUT2D eigenvalue weighted by molar-refractivity contribution is 14.0. The predicted molar refractivity (Wildman–Crippen MR) is 115 cm³/mol. The Kier molecular flexibility index (Phi) is 8.57. The van der Waals surface area contributed by atoms with Crippen molar-refractivity contribution in [2.24, 2.45) is 4.99 Å². The van der Waals surface area contributed by atoms with Gasteiger partial charge < -0.3 is 15.5 Å². The van der Waals surface area contributed by atoms with Gasteiger partial charge in [-0.2, -0.15) is 0 Å². The summed E-state index contributed by atoms with van der Waals surface area (Å²) in [4.78, 5) is 11.7. The fraction of sp³-hybridized carbons (Fsp3) is 0.412. The summed E-state index contributed by atoms with van der Waals surface area (Å²) in [6.07, 6.45) is 0. The molecule has 2 rings (SSSR count). The summed E-state index contributed by atoms with van der Waals surface area (Å²) >= 11 is 1.68. The van der Waals surface area contributed by atoms with Crippen molar-refractivity contribution in [3.63, 3.8) is 0 Å². The number of nitrogens with one attached hydrogen (secondary N) is 2. The minimum absolute atomic E-state index is 0. The number of guanidine groups is 1. The molecule has 5 nitrogen and oxygen atoms in total. The Bertz CT molecular complexity index is 710. The van der Waals surface area contributed by atoms with Crippen molar-refractivity contribution in [1.82, 2.24) is 15.6 Å². The summed E-state index contributed by atoms with van der Waals surface area (Å²) in [5, 5.41) is 7.44. The highest BCUT2D eigenvalue weighted by Crippen LogP contribution is 2.18. The predicted octanol–water partition coefficient (Wildman–Crippen LogP) is 3.45. The fourth-order valence-electron chi connectivity index (χ4n) is 2.20. The Balaban J connectivity index is 0.00000312. The molecule has 0 amide bonds. The number of nitrogens with zero attached hydrogens (tertiary/aromatic N) is 3. The molecule has 0 bridgehead atoms. The number of hydrogen-bond donors (Lipinski definition) is 2. The standard InChI is InChI=1S/C17H24FN5S.HI/c1-11-12(2)24-16(22-11)10-21-17(19-3)20-9-13-6-7-15(23(4)5)14(18)8-13;/h6-8H,9-10H2,1-5H3,(H2,19,20,21);1H. The molecule has 0 fully saturated rings. The average Bonchev–Trinajstić information content (AvgIpc) is 2.85. The number of aromatic nitrogens is 1. The van der Waals surface area contributed by atoms with E-state index >= 15 is 0 Å². The third-order valence-corrected chi connectivity index (χ3v) is 4.73. The summed E-state index contributed by atoms with van der Waals surface area (Å²) in [5.74, 6) is 0.439. The van der Waals surface area contributed by atoms with Gasteiger partial charge in [0.25, 0.3) is 0 Å². The third-order valence-electron chi connectivity index (χ3n) is 3.66. The molecular weight excluding hydrogens is 452 g/mol. The maximum atomic E-state index is 14.0. The van der Waals surface area contributed by atoms with Crippen LogP contribution < -0.4 is 15.5 Å². The highest BCUT2D eigenvalue weighted by atomic mass is 127. The molecule has 0 aliphatic rings. The van der Waals surface area contributed by atoms with E-state index in [9.17, 15) is 4.39 Å². The second-order valence-electron chi connectivity index (χ2n) is 5.71. The van der Waals surface area contributed by atoms with Gasteiger partial charge in [0.1, 0.15) is 10.8 Å². The Morgan fingerprint density at radius 3 is 2.44 bits per heavy atom. The summed E-state index contributed by atoms with van der Waals surface area (Å²) in [7, 11) is 5.36. The van der Waals surface area contributed by atoms with Gasteiger partial charge in [0.15, 0.2) is 5.96 Å². The number of hydrogen-bond acceptors (Lipinski definition) is 4. The van der Waals surface area contributed by atoms with E-state index in [4.69, 9.17) is 0 Å². The van der Waals surface area contributed by atoms with Crippen molar-refractivity contribution in [2.45, 2.75) is 26.9 Å². The molecule has 0 saturated heterocycles. The van der Waals surface area contributed by atoms with Crippen LogP contribution in [-0.2, 0) is 13.1 Å². The van der Waals surface area contributed by atoms with Gasteiger partial charge in [0.05, 0.1) is 17.9 Å². The van der Waals surface area contributed by atoms with Gasteiger partial charge >= 0.3 is 0 Å².